The third-order valence-corrected chi connectivity index (χ3v) is 3.76. The molecule has 114 valence electrons. The van der Waals surface area contributed by atoms with Crippen molar-refractivity contribution in [2.75, 3.05) is 13.2 Å². The lowest BCUT2D eigenvalue weighted by molar-refractivity contribution is -0.122. The van der Waals surface area contributed by atoms with Crippen LogP contribution in [0.25, 0.3) is 0 Å². The van der Waals surface area contributed by atoms with Gasteiger partial charge < -0.3 is 16.2 Å². The van der Waals surface area contributed by atoms with E-state index in [2.05, 4.69) is 17.2 Å². The van der Waals surface area contributed by atoms with Crippen LogP contribution in [0.4, 0.5) is 0 Å². The lowest BCUT2D eigenvalue weighted by Gasteiger charge is -2.26. The largest absolute Gasteiger partial charge is 0.395 e. The molecule has 0 heterocycles. The summed E-state index contributed by atoms with van der Waals surface area (Å²) >= 11 is 0. The van der Waals surface area contributed by atoms with Crippen molar-refractivity contribution in [1.29, 1.82) is 0 Å². The second-order valence-corrected chi connectivity index (χ2v) is 5.39. The van der Waals surface area contributed by atoms with Crippen LogP contribution in [0.5, 0.6) is 0 Å². The van der Waals surface area contributed by atoms with E-state index in [1.807, 2.05) is 0 Å². The van der Waals surface area contributed by atoms with Crippen LogP contribution in [0.3, 0.4) is 0 Å². The van der Waals surface area contributed by atoms with E-state index in [1.165, 1.54) is 12.8 Å². The molecule has 0 aromatic heterocycles. The summed E-state index contributed by atoms with van der Waals surface area (Å²) in [5.41, 5.74) is 5.68. The molecule has 1 saturated carbocycles. The molecule has 0 bridgehead atoms. The first-order valence-corrected chi connectivity index (χ1v) is 7.56. The number of hydrogen-bond donors (Lipinski definition) is 3. The average Bonchev–Trinajstić information content (AvgIpc) is 2.45. The van der Waals surface area contributed by atoms with E-state index < -0.39 is 0 Å². The van der Waals surface area contributed by atoms with Crippen LogP contribution in [0.15, 0.2) is 17.3 Å². The highest BCUT2D eigenvalue weighted by atomic mass is 16.3. The first-order chi connectivity index (χ1) is 9.67. The third kappa shape index (κ3) is 6.19. The van der Waals surface area contributed by atoms with Gasteiger partial charge in [0.2, 0.25) is 0 Å². The summed E-state index contributed by atoms with van der Waals surface area (Å²) in [5.74, 6) is 0.953. The Morgan fingerprint density at radius 3 is 2.70 bits per heavy atom. The van der Waals surface area contributed by atoms with Gasteiger partial charge in [0.25, 0.3) is 5.91 Å². The van der Waals surface area contributed by atoms with Crippen LogP contribution >= 0.6 is 0 Å². The zero-order valence-corrected chi connectivity index (χ0v) is 12.3. The van der Waals surface area contributed by atoms with Crippen molar-refractivity contribution in [1.82, 2.24) is 5.32 Å². The fourth-order valence-corrected chi connectivity index (χ4v) is 2.65. The number of amidine groups is 1. The summed E-state index contributed by atoms with van der Waals surface area (Å²) in [6, 6.07) is 0. The summed E-state index contributed by atoms with van der Waals surface area (Å²) in [4.78, 5) is 15.9. The van der Waals surface area contributed by atoms with Crippen molar-refractivity contribution < 1.29 is 9.90 Å². The summed E-state index contributed by atoms with van der Waals surface area (Å²) in [6.45, 7) is 2.72. The predicted molar refractivity (Wildman–Crippen MR) is 81.2 cm³/mol. The van der Waals surface area contributed by atoms with E-state index in [4.69, 9.17) is 10.8 Å². The Morgan fingerprint density at radius 1 is 1.40 bits per heavy atom. The Labute approximate surface area is 121 Å². The third-order valence-electron chi connectivity index (χ3n) is 3.76. The molecule has 5 nitrogen and oxygen atoms in total. The second-order valence-electron chi connectivity index (χ2n) is 5.39. The minimum absolute atomic E-state index is 0.0421. The van der Waals surface area contributed by atoms with Crippen molar-refractivity contribution in [3.8, 4) is 0 Å². The zero-order chi connectivity index (χ0) is 14.8. The smallest absolute Gasteiger partial charge is 0.250 e. The molecule has 5 heteroatoms. The molecule has 0 spiro atoms. The van der Waals surface area contributed by atoms with Crippen molar-refractivity contribution >= 4 is 11.7 Å². The molecule has 1 aliphatic rings. The van der Waals surface area contributed by atoms with E-state index in [9.17, 15) is 4.79 Å². The molecule has 20 heavy (non-hydrogen) atoms. The van der Waals surface area contributed by atoms with Crippen LogP contribution in [0, 0.1) is 11.8 Å². The Bertz CT molecular complexity index is 345. The predicted octanol–water partition coefficient (Wildman–Crippen LogP) is 1.57. The number of rotatable bonds is 7. The number of nitrogens with two attached hydrogens (primary N) is 1. The highest BCUT2D eigenvalue weighted by Crippen LogP contribution is 2.32. The van der Waals surface area contributed by atoms with Gasteiger partial charge in [-0.25, -0.2) is 0 Å². The van der Waals surface area contributed by atoms with Gasteiger partial charge in [-0.15, -0.1) is 0 Å². The van der Waals surface area contributed by atoms with Crippen LogP contribution in [-0.2, 0) is 4.79 Å². The fourth-order valence-electron chi connectivity index (χ4n) is 2.65. The van der Waals surface area contributed by atoms with Gasteiger partial charge >= 0.3 is 0 Å². The monoisotopic (exact) mass is 281 g/mol. The maximum Gasteiger partial charge on any atom is 0.250 e. The van der Waals surface area contributed by atoms with Gasteiger partial charge in [-0.05, 0) is 37.7 Å². The van der Waals surface area contributed by atoms with E-state index in [-0.39, 0.29) is 24.3 Å². The Kier molecular flexibility index (Phi) is 7.95. The number of carbonyl (C=O) groups excluding carboxylic acids is 1. The van der Waals surface area contributed by atoms with Gasteiger partial charge in [0, 0.05) is 18.7 Å². The molecule has 0 saturated heterocycles. The molecular formula is C15H27N3O2. The Hall–Kier alpha value is -1.36. The highest BCUT2D eigenvalue weighted by Gasteiger charge is 2.25. The molecule has 1 aliphatic carbocycles. The van der Waals surface area contributed by atoms with Gasteiger partial charge in [-0.2, -0.15) is 4.99 Å². The normalized spacial score (nSPS) is 24.0. The SMILES string of the molecule is CCCC1CCC(C(=O)N=C(N)/C=C\NCCO)CC1. The molecule has 1 rings (SSSR count). The first-order valence-electron chi connectivity index (χ1n) is 7.56. The van der Waals surface area contributed by atoms with Crippen molar-refractivity contribution in [3.05, 3.63) is 12.3 Å². The number of hydrogen-bond acceptors (Lipinski definition) is 3. The molecule has 0 aromatic rings. The molecule has 0 unspecified atom stereocenters. The minimum Gasteiger partial charge on any atom is -0.395 e. The molecule has 0 aliphatic heterocycles. The molecule has 0 radical (unpaired) electrons. The molecule has 4 N–H and O–H groups in total. The lowest BCUT2D eigenvalue weighted by Crippen LogP contribution is -2.23. The minimum atomic E-state index is -0.0933. The van der Waals surface area contributed by atoms with Crippen LogP contribution in [0.2, 0.25) is 0 Å². The van der Waals surface area contributed by atoms with E-state index in [0.29, 0.717) is 6.54 Å². The van der Waals surface area contributed by atoms with Crippen molar-refractivity contribution in [3.63, 3.8) is 0 Å². The summed E-state index contributed by atoms with van der Waals surface area (Å²) in [5, 5.41) is 11.4. The Balaban J connectivity index is 2.37. The quantitative estimate of drug-likeness (QED) is 0.375. The zero-order valence-electron chi connectivity index (χ0n) is 12.3. The number of aliphatic hydroxyl groups excluding tert-OH is 1. The molecule has 1 fully saturated rings. The van der Waals surface area contributed by atoms with Crippen LogP contribution in [-0.4, -0.2) is 30.0 Å². The van der Waals surface area contributed by atoms with Crippen molar-refractivity contribution in [2.24, 2.45) is 22.6 Å². The van der Waals surface area contributed by atoms with Crippen molar-refractivity contribution in [2.45, 2.75) is 45.4 Å². The van der Waals surface area contributed by atoms with Gasteiger partial charge in [0.1, 0.15) is 5.84 Å². The summed E-state index contributed by atoms with van der Waals surface area (Å²) < 4.78 is 0. The van der Waals surface area contributed by atoms with Crippen LogP contribution < -0.4 is 11.1 Å². The maximum atomic E-state index is 12.0. The number of aliphatic imine (C=N–C) groups is 1. The second kappa shape index (κ2) is 9.53. The molecule has 1 amide bonds. The molecular weight excluding hydrogens is 254 g/mol. The van der Waals surface area contributed by atoms with Gasteiger partial charge in [-0.1, -0.05) is 19.8 Å². The summed E-state index contributed by atoms with van der Waals surface area (Å²) in [7, 11) is 0. The Morgan fingerprint density at radius 2 is 2.10 bits per heavy atom. The number of amides is 1. The molecule has 0 aromatic carbocycles. The van der Waals surface area contributed by atoms with Gasteiger partial charge in [0.05, 0.1) is 6.61 Å². The number of carbonyl (C=O) groups is 1. The number of nitrogens with one attached hydrogen (secondary N) is 1. The maximum absolute atomic E-state index is 12.0. The van der Waals surface area contributed by atoms with E-state index in [0.717, 1.165) is 31.6 Å². The van der Waals surface area contributed by atoms with E-state index in [1.54, 1.807) is 12.3 Å². The fraction of sp³-hybridized carbons (Fsp3) is 0.733. The lowest BCUT2D eigenvalue weighted by atomic mass is 9.80. The molecule has 0 atom stereocenters. The summed E-state index contributed by atoms with van der Waals surface area (Å²) in [6.07, 6.45) is 9.78. The average molecular weight is 281 g/mol. The first kappa shape index (κ1) is 16.7. The van der Waals surface area contributed by atoms with Crippen LogP contribution in [0.1, 0.15) is 45.4 Å². The highest BCUT2D eigenvalue weighted by molar-refractivity contribution is 6.00. The number of aliphatic hydroxyl groups is 1. The van der Waals surface area contributed by atoms with E-state index >= 15 is 0 Å². The standard InChI is InChI=1S/C15H27N3O2/c1-2-3-12-4-6-13(7-5-12)15(20)18-14(16)8-9-17-10-11-19/h8-9,12-13,17,19H,2-7,10-11H2,1H3,(H2,16,18,20)/b9-8-. The number of nitrogens with zero attached hydrogens (tertiary/aromatic N) is 1. The van der Waals surface area contributed by atoms with Gasteiger partial charge in [-0.3, -0.25) is 4.79 Å². The van der Waals surface area contributed by atoms with Gasteiger partial charge in [0.15, 0.2) is 0 Å². The topological polar surface area (TPSA) is 87.7 Å².